The van der Waals surface area contributed by atoms with Crippen LogP contribution in [0.15, 0.2) is 30.3 Å². The molecule has 1 N–H and O–H groups in total. The van der Waals surface area contributed by atoms with Crippen LogP contribution in [-0.2, 0) is 4.79 Å². The lowest BCUT2D eigenvalue weighted by atomic mass is 9.76. The molecule has 0 heterocycles. The van der Waals surface area contributed by atoms with Gasteiger partial charge in [-0.2, -0.15) is 0 Å². The molecule has 0 aliphatic heterocycles. The molecule has 0 bridgehead atoms. The van der Waals surface area contributed by atoms with Gasteiger partial charge in [-0.05, 0) is 44.2 Å². The molecule has 2 amide bonds. The van der Waals surface area contributed by atoms with Gasteiger partial charge in [-0.25, -0.2) is 0 Å². The summed E-state index contributed by atoms with van der Waals surface area (Å²) in [6, 6.07) is 9.76. The smallest absolute Gasteiger partial charge is 0.254 e. The van der Waals surface area contributed by atoms with Crippen molar-refractivity contribution in [3.63, 3.8) is 0 Å². The van der Waals surface area contributed by atoms with Crippen LogP contribution in [0.4, 0.5) is 0 Å². The molecule has 0 spiro atoms. The first-order valence-corrected chi connectivity index (χ1v) is 11.3. The van der Waals surface area contributed by atoms with Crippen molar-refractivity contribution < 1.29 is 9.59 Å². The Labute approximate surface area is 170 Å². The molecule has 2 aliphatic rings. The van der Waals surface area contributed by atoms with Crippen LogP contribution in [0.5, 0.6) is 0 Å². The van der Waals surface area contributed by atoms with Crippen LogP contribution in [0.3, 0.4) is 0 Å². The molecule has 154 valence electrons. The molecule has 2 aliphatic carbocycles. The molecule has 3 rings (SSSR count). The topological polar surface area (TPSA) is 49.4 Å². The van der Waals surface area contributed by atoms with E-state index in [1.54, 1.807) is 0 Å². The third kappa shape index (κ3) is 5.15. The van der Waals surface area contributed by atoms with Crippen molar-refractivity contribution in [3.8, 4) is 0 Å². The Bertz CT molecular complexity index is 626. The summed E-state index contributed by atoms with van der Waals surface area (Å²) in [6.45, 7) is 2.37. The minimum atomic E-state index is -0.177. The summed E-state index contributed by atoms with van der Waals surface area (Å²) in [4.78, 5) is 28.4. The number of nitrogens with one attached hydrogen (secondary N) is 1. The lowest BCUT2D eigenvalue weighted by Gasteiger charge is -2.46. The van der Waals surface area contributed by atoms with Crippen LogP contribution in [0.25, 0.3) is 0 Å². The first-order valence-electron chi connectivity index (χ1n) is 11.3. The summed E-state index contributed by atoms with van der Waals surface area (Å²) >= 11 is 0. The Morgan fingerprint density at radius 2 is 1.64 bits per heavy atom. The third-order valence-electron chi connectivity index (χ3n) is 6.61. The fraction of sp³-hybridized carbons (Fsp3) is 0.667. The fourth-order valence-corrected chi connectivity index (χ4v) is 5.19. The Balaban J connectivity index is 1.80. The Kier molecular flexibility index (Phi) is 7.52. The molecular weight excluding hydrogens is 348 g/mol. The third-order valence-corrected chi connectivity index (χ3v) is 6.61. The molecule has 4 heteroatoms. The Morgan fingerprint density at radius 3 is 2.29 bits per heavy atom. The first-order chi connectivity index (χ1) is 13.6. The van der Waals surface area contributed by atoms with Gasteiger partial charge in [-0.3, -0.25) is 9.59 Å². The number of amides is 2. The summed E-state index contributed by atoms with van der Waals surface area (Å²) in [5.74, 6) is 0.0203. The van der Waals surface area contributed by atoms with E-state index in [0.717, 1.165) is 51.4 Å². The molecule has 0 radical (unpaired) electrons. The highest BCUT2D eigenvalue weighted by Crippen LogP contribution is 2.38. The largest absolute Gasteiger partial charge is 0.352 e. The molecule has 0 atom stereocenters. The normalized spacial score (nSPS) is 19.8. The number of hydrogen-bond donors (Lipinski definition) is 1. The zero-order valence-electron chi connectivity index (χ0n) is 17.4. The predicted molar refractivity (Wildman–Crippen MR) is 113 cm³/mol. The molecule has 1 aromatic carbocycles. The second-order valence-electron chi connectivity index (χ2n) is 8.69. The Morgan fingerprint density at radius 1 is 1.00 bits per heavy atom. The summed E-state index contributed by atoms with van der Waals surface area (Å²) in [7, 11) is 0. The highest BCUT2D eigenvalue weighted by molar-refractivity contribution is 5.97. The van der Waals surface area contributed by atoms with Crippen LogP contribution >= 0.6 is 0 Å². The van der Waals surface area contributed by atoms with Crippen molar-refractivity contribution in [1.82, 2.24) is 10.2 Å². The van der Waals surface area contributed by atoms with Gasteiger partial charge in [-0.1, -0.05) is 70.1 Å². The van der Waals surface area contributed by atoms with E-state index < -0.39 is 0 Å². The molecule has 0 aromatic heterocycles. The van der Waals surface area contributed by atoms with Gasteiger partial charge in [0.25, 0.3) is 5.91 Å². The second kappa shape index (κ2) is 10.1. The van der Waals surface area contributed by atoms with E-state index in [1.165, 1.54) is 25.7 Å². The average Bonchev–Trinajstić information content (AvgIpc) is 2.74. The highest BCUT2D eigenvalue weighted by Gasteiger charge is 2.41. The standard InChI is InChI=1S/C24H36N2O2/c1-2-16-24(17-10-5-11-18-24)26(23(28)20-12-6-3-7-13-20)19-22(27)25-21-14-8-4-9-15-21/h3,6-7,12-13,21H,2,4-5,8-11,14-19H2,1H3,(H,25,27). The number of nitrogens with zero attached hydrogens (tertiary/aromatic N) is 1. The predicted octanol–water partition coefficient (Wildman–Crippen LogP) is 5.08. The molecule has 4 nitrogen and oxygen atoms in total. The second-order valence-corrected chi connectivity index (χ2v) is 8.69. The number of carbonyl (C=O) groups excluding carboxylic acids is 2. The van der Waals surface area contributed by atoms with Gasteiger partial charge in [-0.15, -0.1) is 0 Å². The molecule has 1 aromatic rings. The van der Waals surface area contributed by atoms with Gasteiger partial charge in [0.05, 0.1) is 0 Å². The summed E-state index contributed by atoms with van der Waals surface area (Å²) in [6.07, 6.45) is 13.3. The minimum Gasteiger partial charge on any atom is -0.352 e. The van der Waals surface area contributed by atoms with Gasteiger partial charge < -0.3 is 10.2 Å². The van der Waals surface area contributed by atoms with Crippen LogP contribution < -0.4 is 5.32 Å². The number of benzene rings is 1. The van der Waals surface area contributed by atoms with E-state index in [-0.39, 0.29) is 29.9 Å². The molecular formula is C24H36N2O2. The summed E-state index contributed by atoms with van der Waals surface area (Å²) < 4.78 is 0. The van der Waals surface area contributed by atoms with Gasteiger partial charge in [0, 0.05) is 17.1 Å². The van der Waals surface area contributed by atoms with E-state index in [0.29, 0.717) is 5.56 Å². The van der Waals surface area contributed by atoms with E-state index in [4.69, 9.17) is 0 Å². The lowest BCUT2D eigenvalue weighted by molar-refractivity contribution is -0.124. The molecule has 0 saturated heterocycles. The number of carbonyl (C=O) groups is 2. The molecule has 28 heavy (non-hydrogen) atoms. The van der Waals surface area contributed by atoms with E-state index in [9.17, 15) is 9.59 Å². The summed E-state index contributed by atoms with van der Waals surface area (Å²) in [5, 5.41) is 3.22. The van der Waals surface area contributed by atoms with E-state index >= 15 is 0 Å². The number of rotatable bonds is 7. The maximum Gasteiger partial charge on any atom is 0.254 e. The van der Waals surface area contributed by atoms with E-state index in [2.05, 4.69) is 12.2 Å². The lowest BCUT2D eigenvalue weighted by Crippen LogP contribution is -2.56. The van der Waals surface area contributed by atoms with Crippen molar-refractivity contribution >= 4 is 11.8 Å². The van der Waals surface area contributed by atoms with Crippen LogP contribution in [0, 0.1) is 0 Å². The monoisotopic (exact) mass is 384 g/mol. The maximum atomic E-state index is 13.5. The molecule has 0 unspecified atom stereocenters. The van der Waals surface area contributed by atoms with Crippen molar-refractivity contribution in [1.29, 1.82) is 0 Å². The molecule has 2 saturated carbocycles. The van der Waals surface area contributed by atoms with Crippen molar-refractivity contribution in [2.45, 2.75) is 95.6 Å². The van der Waals surface area contributed by atoms with Crippen molar-refractivity contribution in [2.24, 2.45) is 0 Å². The quantitative estimate of drug-likeness (QED) is 0.712. The fourth-order valence-electron chi connectivity index (χ4n) is 5.19. The van der Waals surface area contributed by atoms with Gasteiger partial charge in [0.15, 0.2) is 0 Å². The van der Waals surface area contributed by atoms with E-state index in [1.807, 2.05) is 35.2 Å². The van der Waals surface area contributed by atoms with Crippen molar-refractivity contribution in [3.05, 3.63) is 35.9 Å². The molecule has 2 fully saturated rings. The zero-order valence-corrected chi connectivity index (χ0v) is 17.4. The highest BCUT2D eigenvalue weighted by atomic mass is 16.2. The van der Waals surface area contributed by atoms with Crippen LogP contribution in [-0.4, -0.2) is 34.8 Å². The zero-order chi connectivity index (χ0) is 19.8. The van der Waals surface area contributed by atoms with Gasteiger partial charge in [0.2, 0.25) is 5.91 Å². The Hall–Kier alpha value is -1.84. The summed E-state index contributed by atoms with van der Waals surface area (Å²) in [5.41, 5.74) is 0.512. The maximum absolute atomic E-state index is 13.5. The van der Waals surface area contributed by atoms with Crippen molar-refractivity contribution in [2.75, 3.05) is 6.54 Å². The van der Waals surface area contributed by atoms with Gasteiger partial charge in [0.1, 0.15) is 6.54 Å². The van der Waals surface area contributed by atoms with Crippen LogP contribution in [0.1, 0.15) is 94.3 Å². The first kappa shape index (κ1) is 20.9. The minimum absolute atomic E-state index is 0.00902. The van der Waals surface area contributed by atoms with Gasteiger partial charge >= 0.3 is 0 Å². The van der Waals surface area contributed by atoms with Crippen LogP contribution in [0.2, 0.25) is 0 Å². The number of hydrogen-bond acceptors (Lipinski definition) is 2. The SMILES string of the molecule is CCCC1(N(CC(=O)NC2CCCCC2)C(=O)c2ccccc2)CCCCC1. The average molecular weight is 385 g/mol.